The lowest BCUT2D eigenvalue weighted by Gasteiger charge is -2.02. The molecule has 122 valence electrons. The second-order valence-corrected chi connectivity index (χ2v) is 6.65. The molecule has 3 rings (SSSR count). The summed E-state index contributed by atoms with van der Waals surface area (Å²) in [5.41, 5.74) is 2.02. The maximum atomic E-state index is 12.0. The van der Waals surface area contributed by atoms with Gasteiger partial charge in [-0.25, -0.2) is 9.97 Å². The smallest absolute Gasteiger partial charge is 0.308 e. The molecule has 3 aromatic heterocycles. The molecular weight excluding hydrogens is 346 g/mol. The average Bonchev–Trinajstić information content (AvgIpc) is 3.19. The van der Waals surface area contributed by atoms with Gasteiger partial charge in [0.25, 0.3) is 5.56 Å². The summed E-state index contributed by atoms with van der Waals surface area (Å²) in [5, 5.41) is 15.7. The summed E-state index contributed by atoms with van der Waals surface area (Å²) < 4.78 is 0. The molecule has 0 aliphatic carbocycles. The van der Waals surface area contributed by atoms with Gasteiger partial charge >= 0.3 is 5.97 Å². The fourth-order valence-electron chi connectivity index (χ4n) is 2.12. The predicted molar refractivity (Wildman–Crippen MR) is 95.3 cm³/mol. The number of hydrogen-bond acceptors (Lipinski definition) is 6. The molecule has 0 aliphatic heterocycles. The molecule has 2 N–H and O–H groups in total. The predicted octanol–water partition coefficient (Wildman–Crippen LogP) is 3.06. The van der Waals surface area contributed by atoms with Crippen LogP contribution >= 0.6 is 22.7 Å². The van der Waals surface area contributed by atoms with Crippen LogP contribution in [0.5, 0.6) is 0 Å². The van der Waals surface area contributed by atoms with Crippen LogP contribution in [0, 0.1) is 6.92 Å². The molecule has 8 heteroatoms. The van der Waals surface area contributed by atoms with Crippen molar-refractivity contribution in [2.45, 2.75) is 13.3 Å². The highest BCUT2D eigenvalue weighted by Crippen LogP contribution is 2.26. The Morgan fingerprint density at radius 1 is 1.33 bits per heavy atom. The molecule has 0 amide bonds. The monoisotopic (exact) mass is 359 g/mol. The van der Waals surface area contributed by atoms with Gasteiger partial charge in [-0.15, -0.1) is 11.3 Å². The zero-order chi connectivity index (χ0) is 17.1. The van der Waals surface area contributed by atoms with Gasteiger partial charge in [0, 0.05) is 27.6 Å². The quantitative estimate of drug-likeness (QED) is 0.730. The highest BCUT2D eigenvalue weighted by molar-refractivity contribution is 7.14. The fraction of sp³-hybridized carbons (Fsp3) is 0.125. The van der Waals surface area contributed by atoms with E-state index in [1.54, 1.807) is 41.7 Å². The summed E-state index contributed by atoms with van der Waals surface area (Å²) in [6, 6.07) is 2.01. The minimum absolute atomic E-state index is 0.174. The van der Waals surface area contributed by atoms with Gasteiger partial charge in [0.1, 0.15) is 10.8 Å². The summed E-state index contributed by atoms with van der Waals surface area (Å²) in [6.07, 6.45) is 3.08. The second-order valence-electron chi connectivity index (χ2n) is 5.01. The normalized spacial score (nSPS) is 11.2. The molecule has 0 aliphatic rings. The number of aromatic amines is 1. The summed E-state index contributed by atoms with van der Waals surface area (Å²) in [5.74, 6) is -0.686. The molecule has 0 saturated carbocycles. The Morgan fingerprint density at radius 2 is 2.17 bits per heavy atom. The van der Waals surface area contributed by atoms with E-state index in [0.29, 0.717) is 11.5 Å². The third kappa shape index (κ3) is 3.66. The number of thiophene rings is 1. The Hall–Kier alpha value is -2.58. The van der Waals surface area contributed by atoms with Gasteiger partial charge in [-0.05, 0) is 30.5 Å². The summed E-state index contributed by atoms with van der Waals surface area (Å²) in [4.78, 5) is 34.1. The van der Waals surface area contributed by atoms with Gasteiger partial charge in [-0.2, -0.15) is 11.3 Å². The Balaban J connectivity index is 1.82. The largest absolute Gasteiger partial charge is 0.481 e. The number of nitrogens with zero attached hydrogens (tertiary/aromatic N) is 2. The Bertz CT molecular complexity index is 955. The van der Waals surface area contributed by atoms with Crippen LogP contribution in [0.2, 0.25) is 0 Å². The topological polar surface area (TPSA) is 95.9 Å². The number of nitrogens with one attached hydrogen (secondary N) is 1. The summed E-state index contributed by atoms with van der Waals surface area (Å²) in [7, 11) is 0. The van der Waals surface area contributed by atoms with E-state index >= 15 is 0 Å². The molecular formula is C16H13N3O3S2. The SMILES string of the molecule is Cc1nc(/C=C/c2csc(-c3ccsc3)n2)[nH]c(=O)c1CC(=O)O. The fourth-order valence-corrected chi connectivity index (χ4v) is 3.62. The first-order valence-corrected chi connectivity index (χ1v) is 8.83. The minimum atomic E-state index is -1.06. The van der Waals surface area contributed by atoms with Gasteiger partial charge in [0.2, 0.25) is 0 Å². The van der Waals surface area contributed by atoms with Crippen LogP contribution < -0.4 is 5.56 Å². The van der Waals surface area contributed by atoms with Crippen LogP contribution in [-0.4, -0.2) is 26.0 Å². The first kappa shape index (κ1) is 16.3. The number of aliphatic carboxylic acids is 1. The van der Waals surface area contributed by atoms with E-state index in [-0.39, 0.29) is 12.0 Å². The van der Waals surface area contributed by atoms with Crippen molar-refractivity contribution in [3.05, 3.63) is 55.3 Å². The highest BCUT2D eigenvalue weighted by atomic mass is 32.1. The van der Waals surface area contributed by atoms with Crippen LogP contribution in [0.3, 0.4) is 0 Å². The van der Waals surface area contributed by atoms with Crippen molar-refractivity contribution in [1.82, 2.24) is 15.0 Å². The maximum Gasteiger partial charge on any atom is 0.308 e. The number of aromatic nitrogens is 3. The van der Waals surface area contributed by atoms with Crippen LogP contribution in [0.1, 0.15) is 22.8 Å². The average molecular weight is 359 g/mol. The van der Waals surface area contributed by atoms with Crippen molar-refractivity contribution < 1.29 is 9.90 Å². The van der Waals surface area contributed by atoms with Crippen molar-refractivity contribution in [3.8, 4) is 10.6 Å². The molecule has 0 aromatic carbocycles. The first-order chi connectivity index (χ1) is 11.5. The molecule has 24 heavy (non-hydrogen) atoms. The van der Waals surface area contributed by atoms with Gasteiger partial charge < -0.3 is 10.1 Å². The molecule has 0 radical (unpaired) electrons. The third-order valence-corrected chi connectivity index (χ3v) is 4.86. The van der Waals surface area contributed by atoms with Crippen LogP contribution in [-0.2, 0) is 11.2 Å². The van der Waals surface area contributed by atoms with Crippen LogP contribution in [0.15, 0.2) is 27.0 Å². The number of carbonyl (C=O) groups is 1. The molecule has 3 heterocycles. The van der Waals surface area contributed by atoms with Gasteiger partial charge in [0.15, 0.2) is 0 Å². The van der Waals surface area contributed by atoms with E-state index < -0.39 is 11.5 Å². The Morgan fingerprint density at radius 3 is 2.83 bits per heavy atom. The van der Waals surface area contributed by atoms with Crippen molar-refractivity contribution in [2.24, 2.45) is 0 Å². The molecule has 0 atom stereocenters. The zero-order valence-corrected chi connectivity index (χ0v) is 14.3. The number of hydrogen-bond donors (Lipinski definition) is 2. The van der Waals surface area contributed by atoms with Gasteiger partial charge in [-0.3, -0.25) is 9.59 Å². The number of aryl methyl sites for hydroxylation is 1. The molecule has 0 fully saturated rings. The summed E-state index contributed by atoms with van der Waals surface area (Å²) in [6.45, 7) is 1.63. The van der Waals surface area contributed by atoms with Gasteiger partial charge in [-0.1, -0.05) is 0 Å². The van der Waals surface area contributed by atoms with E-state index in [1.807, 2.05) is 22.2 Å². The lowest BCUT2D eigenvalue weighted by Crippen LogP contribution is -2.20. The Kier molecular flexibility index (Phi) is 4.68. The molecule has 0 spiro atoms. The number of H-pyrrole nitrogens is 1. The van der Waals surface area contributed by atoms with E-state index in [4.69, 9.17) is 5.11 Å². The lowest BCUT2D eigenvalue weighted by atomic mass is 10.2. The molecule has 0 saturated heterocycles. The van der Waals surface area contributed by atoms with E-state index in [9.17, 15) is 9.59 Å². The first-order valence-electron chi connectivity index (χ1n) is 7.00. The van der Waals surface area contributed by atoms with Crippen molar-refractivity contribution in [2.75, 3.05) is 0 Å². The van der Waals surface area contributed by atoms with E-state index in [0.717, 1.165) is 16.3 Å². The van der Waals surface area contributed by atoms with Crippen molar-refractivity contribution >= 4 is 40.8 Å². The minimum Gasteiger partial charge on any atom is -0.481 e. The molecule has 3 aromatic rings. The number of thiazole rings is 1. The number of rotatable bonds is 5. The van der Waals surface area contributed by atoms with Gasteiger partial charge in [0.05, 0.1) is 12.1 Å². The van der Waals surface area contributed by atoms with Crippen LogP contribution in [0.4, 0.5) is 0 Å². The number of carboxylic acids is 1. The molecule has 6 nitrogen and oxygen atoms in total. The zero-order valence-electron chi connectivity index (χ0n) is 12.6. The van der Waals surface area contributed by atoms with Crippen LogP contribution in [0.25, 0.3) is 22.7 Å². The second kappa shape index (κ2) is 6.90. The Labute approximate surface area is 145 Å². The highest BCUT2D eigenvalue weighted by Gasteiger charge is 2.11. The molecule has 0 unspecified atom stereocenters. The van der Waals surface area contributed by atoms with E-state index in [1.165, 1.54) is 0 Å². The van der Waals surface area contributed by atoms with E-state index in [2.05, 4.69) is 15.0 Å². The standard InChI is InChI=1S/C16H13N3O3S2/c1-9-12(6-14(20)21)15(22)19-13(17-9)3-2-11-8-24-16(18-11)10-4-5-23-7-10/h2-5,7-8H,6H2,1H3,(H,20,21)(H,17,19,22)/b3-2+. The number of carboxylic acid groups (broad SMARTS) is 1. The summed E-state index contributed by atoms with van der Waals surface area (Å²) >= 11 is 3.16. The maximum absolute atomic E-state index is 12.0. The van der Waals surface area contributed by atoms with Crippen molar-refractivity contribution in [1.29, 1.82) is 0 Å². The third-order valence-electron chi connectivity index (χ3n) is 3.27. The lowest BCUT2D eigenvalue weighted by molar-refractivity contribution is -0.136. The molecule has 0 bridgehead atoms. The van der Waals surface area contributed by atoms with Crippen molar-refractivity contribution in [3.63, 3.8) is 0 Å².